The molecule has 92 valence electrons. The number of aromatic nitrogens is 2. The van der Waals surface area contributed by atoms with Gasteiger partial charge in [-0.25, -0.2) is 19.2 Å². The van der Waals surface area contributed by atoms with Crippen LogP contribution in [0.3, 0.4) is 0 Å². The van der Waals surface area contributed by atoms with Gasteiger partial charge in [-0.15, -0.1) is 0 Å². The molecule has 0 saturated heterocycles. The molecule has 0 bridgehead atoms. The van der Waals surface area contributed by atoms with Crippen molar-refractivity contribution in [3.05, 3.63) is 41.3 Å². The van der Waals surface area contributed by atoms with Crippen molar-refractivity contribution in [3.8, 4) is 11.4 Å². The van der Waals surface area contributed by atoms with Gasteiger partial charge < -0.3 is 10.8 Å². The molecule has 0 spiro atoms. The Morgan fingerprint density at radius 3 is 2.72 bits per heavy atom. The van der Waals surface area contributed by atoms with E-state index in [0.29, 0.717) is 11.1 Å². The predicted octanol–water partition coefficient (Wildman–Crippen LogP) is 1.87. The van der Waals surface area contributed by atoms with Gasteiger partial charge in [0, 0.05) is 11.8 Å². The normalized spacial score (nSPS) is 10.3. The van der Waals surface area contributed by atoms with E-state index in [9.17, 15) is 9.18 Å². The van der Waals surface area contributed by atoms with Crippen LogP contribution in [-0.2, 0) is 0 Å². The summed E-state index contributed by atoms with van der Waals surface area (Å²) in [4.78, 5) is 18.6. The maximum atomic E-state index is 13.0. The number of hydrogen-bond acceptors (Lipinski definition) is 4. The Hall–Kier alpha value is -2.50. The fourth-order valence-electron chi connectivity index (χ4n) is 1.57. The molecule has 3 N–H and O–H groups in total. The van der Waals surface area contributed by atoms with Crippen molar-refractivity contribution in [2.75, 3.05) is 5.73 Å². The summed E-state index contributed by atoms with van der Waals surface area (Å²) in [5, 5.41) is 8.81. The molecular formula is C12H10FN3O2. The number of aromatic carboxylic acids is 1. The van der Waals surface area contributed by atoms with Gasteiger partial charge in [0.25, 0.3) is 0 Å². The molecule has 6 heteroatoms. The van der Waals surface area contributed by atoms with Gasteiger partial charge in [0.1, 0.15) is 17.2 Å². The molecule has 0 unspecified atom stereocenters. The summed E-state index contributed by atoms with van der Waals surface area (Å²) in [6.07, 6.45) is 1.14. The van der Waals surface area contributed by atoms with E-state index in [4.69, 9.17) is 10.8 Å². The molecule has 1 heterocycles. The van der Waals surface area contributed by atoms with E-state index in [0.717, 1.165) is 6.20 Å². The Morgan fingerprint density at radius 2 is 2.17 bits per heavy atom. The van der Waals surface area contributed by atoms with E-state index in [-0.39, 0.29) is 23.0 Å². The van der Waals surface area contributed by atoms with E-state index in [2.05, 4.69) is 9.97 Å². The third kappa shape index (κ3) is 2.13. The summed E-state index contributed by atoms with van der Waals surface area (Å²) in [5.41, 5.74) is 6.64. The van der Waals surface area contributed by atoms with Crippen molar-refractivity contribution in [1.29, 1.82) is 0 Å². The fourth-order valence-corrected chi connectivity index (χ4v) is 1.57. The zero-order valence-electron chi connectivity index (χ0n) is 9.51. The van der Waals surface area contributed by atoms with Crippen molar-refractivity contribution in [2.45, 2.75) is 6.92 Å². The lowest BCUT2D eigenvalue weighted by atomic mass is 10.1. The van der Waals surface area contributed by atoms with Gasteiger partial charge in [0.15, 0.2) is 5.82 Å². The number of anilines is 1. The van der Waals surface area contributed by atoms with Crippen molar-refractivity contribution < 1.29 is 14.3 Å². The lowest BCUT2D eigenvalue weighted by Gasteiger charge is -2.06. The van der Waals surface area contributed by atoms with Gasteiger partial charge in [0.2, 0.25) is 0 Å². The monoisotopic (exact) mass is 247 g/mol. The second-order valence-corrected chi connectivity index (χ2v) is 3.76. The third-order valence-corrected chi connectivity index (χ3v) is 2.48. The maximum Gasteiger partial charge on any atom is 0.341 e. The number of nitrogens with zero attached hydrogens (tertiary/aromatic N) is 2. The first-order chi connectivity index (χ1) is 8.49. The number of carboxylic acids is 1. The minimum Gasteiger partial charge on any atom is -0.477 e. The first-order valence-electron chi connectivity index (χ1n) is 5.11. The molecule has 5 nitrogen and oxygen atoms in total. The second kappa shape index (κ2) is 4.40. The zero-order chi connectivity index (χ0) is 13.3. The molecule has 0 radical (unpaired) electrons. The summed E-state index contributed by atoms with van der Waals surface area (Å²) < 4.78 is 13.0. The molecule has 0 fully saturated rings. The highest BCUT2D eigenvalue weighted by atomic mass is 19.1. The lowest BCUT2D eigenvalue weighted by molar-refractivity contribution is 0.0697. The number of carbonyl (C=O) groups is 1. The Balaban J connectivity index is 2.52. The van der Waals surface area contributed by atoms with Crippen molar-refractivity contribution >= 4 is 11.8 Å². The highest BCUT2D eigenvalue weighted by molar-refractivity contribution is 5.92. The average molecular weight is 247 g/mol. The van der Waals surface area contributed by atoms with Crippen LogP contribution < -0.4 is 5.73 Å². The summed E-state index contributed by atoms with van der Waals surface area (Å²) in [5.74, 6) is -1.38. The number of nitrogen functional groups attached to an aromatic ring is 1. The number of rotatable bonds is 2. The minimum atomic E-state index is -1.19. The molecule has 2 aromatic rings. The molecule has 0 aliphatic heterocycles. The molecule has 18 heavy (non-hydrogen) atoms. The quantitative estimate of drug-likeness (QED) is 0.845. The number of benzene rings is 1. The highest BCUT2D eigenvalue weighted by Crippen LogP contribution is 2.22. The van der Waals surface area contributed by atoms with Crippen LogP contribution in [-0.4, -0.2) is 21.0 Å². The van der Waals surface area contributed by atoms with E-state index in [1.165, 1.54) is 18.2 Å². The average Bonchev–Trinajstić information content (AvgIpc) is 2.28. The Labute approximate surface area is 102 Å². The van der Waals surface area contributed by atoms with Gasteiger partial charge >= 0.3 is 5.97 Å². The van der Waals surface area contributed by atoms with Crippen LogP contribution in [0.25, 0.3) is 11.4 Å². The SMILES string of the molecule is Cc1cc(F)ccc1-c1ncc(C(=O)O)c(N)n1. The predicted molar refractivity (Wildman–Crippen MR) is 63.5 cm³/mol. The Morgan fingerprint density at radius 1 is 1.44 bits per heavy atom. The summed E-state index contributed by atoms with van der Waals surface area (Å²) in [6.45, 7) is 1.71. The second-order valence-electron chi connectivity index (χ2n) is 3.76. The van der Waals surface area contributed by atoms with Crippen LogP contribution in [0.5, 0.6) is 0 Å². The first kappa shape index (κ1) is 12.0. The fraction of sp³-hybridized carbons (Fsp3) is 0.0833. The largest absolute Gasteiger partial charge is 0.477 e. The maximum absolute atomic E-state index is 13.0. The Bertz CT molecular complexity index is 629. The molecule has 0 saturated carbocycles. The molecule has 0 aliphatic rings. The van der Waals surface area contributed by atoms with E-state index in [1.54, 1.807) is 6.92 Å². The van der Waals surface area contributed by atoms with Crippen LogP contribution in [0, 0.1) is 12.7 Å². The molecule has 2 rings (SSSR count). The van der Waals surface area contributed by atoms with Gasteiger partial charge in [0.05, 0.1) is 0 Å². The third-order valence-electron chi connectivity index (χ3n) is 2.48. The number of nitrogens with two attached hydrogens (primary N) is 1. The van der Waals surface area contributed by atoms with Gasteiger partial charge in [-0.3, -0.25) is 0 Å². The van der Waals surface area contributed by atoms with Crippen LogP contribution in [0.15, 0.2) is 24.4 Å². The standard InChI is InChI=1S/C12H10FN3O2/c1-6-4-7(13)2-3-8(6)11-15-5-9(12(17)18)10(14)16-11/h2-5H,1H3,(H,17,18)(H2,14,15,16). The lowest BCUT2D eigenvalue weighted by Crippen LogP contribution is -2.07. The van der Waals surface area contributed by atoms with Crippen molar-refractivity contribution in [2.24, 2.45) is 0 Å². The van der Waals surface area contributed by atoms with E-state index >= 15 is 0 Å². The van der Waals surface area contributed by atoms with Crippen LogP contribution in [0.4, 0.5) is 10.2 Å². The number of hydrogen-bond donors (Lipinski definition) is 2. The van der Waals surface area contributed by atoms with Crippen LogP contribution >= 0.6 is 0 Å². The van der Waals surface area contributed by atoms with E-state index in [1.807, 2.05) is 0 Å². The molecular weight excluding hydrogens is 237 g/mol. The number of carboxylic acid groups (broad SMARTS) is 1. The summed E-state index contributed by atoms with van der Waals surface area (Å²) in [6, 6.07) is 4.16. The zero-order valence-corrected chi connectivity index (χ0v) is 9.51. The topological polar surface area (TPSA) is 89.1 Å². The minimum absolute atomic E-state index is 0.115. The smallest absolute Gasteiger partial charge is 0.341 e. The molecule has 1 aromatic carbocycles. The number of halogens is 1. The summed E-state index contributed by atoms with van der Waals surface area (Å²) in [7, 11) is 0. The van der Waals surface area contributed by atoms with E-state index < -0.39 is 5.97 Å². The van der Waals surface area contributed by atoms with Crippen LogP contribution in [0.1, 0.15) is 15.9 Å². The summed E-state index contributed by atoms with van der Waals surface area (Å²) >= 11 is 0. The molecule has 0 aliphatic carbocycles. The van der Waals surface area contributed by atoms with Gasteiger partial charge in [-0.1, -0.05) is 0 Å². The van der Waals surface area contributed by atoms with Crippen molar-refractivity contribution in [1.82, 2.24) is 9.97 Å². The van der Waals surface area contributed by atoms with Gasteiger partial charge in [-0.2, -0.15) is 0 Å². The molecule has 0 amide bonds. The molecule has 1 aromatic heterocycles. The number of aryl methyl sites for hydroxylation is 1. The molecule has 0 atom stereocenters. The van der Waals surface area contributed by atoms with Crippen LogP contribution in [0.2, 0.25) is 0 Å². The van der Waals surface area contributed by atoms with Crippen molar-refractivity contribution in [3.63, 3.8) is 0 Å². The highest BCUT2D eigenvalue weighted by Gasteiger charge is 2.13. The first-order valence-corrected chi connectivity index (χ1v) is 5.11. The Kier molecular flexibility index (Phi) is 2.93. The van der Waals surface area contributed by atoms with Gasteiger partial charge in [-0.05, 0) is 30.7 Å².